The number of unbranched alkanes of at least 4 members (excludes halogenated alkanes) is 18. The lowest BCUT2D eigenvalue weighted by molar-refractivity contribution is -0.300. The van der Waals surface area contributed by atoms with E-state index in [1.807, 2.05) is 6.92 Å². The van der Waals surface area contributed by atoms with Crippen molar-refractivity contribution >= 4 is 5.78 Å². The number of hydrogen-bond donors (Lipinski definition) is 5. The molecule has 1 aliphatic heterocycles. The van der Waals surface area contributed by atoms with Gasteiger partial charge in [0.05, 0.1) is 19.3 Å². The molecule has 0 aromatic carbocycles. The molecule has 6 atom stereocenters. The maximum Gasteiger partial charge on any atom is 0.186 e. The monoisotopic (exact) mass is 574 g/mol. The van der Waals surface area contributed by atoms with Gasteiger partial charge in [-0.2, -0.15) is 0 Å². The van der Waals surface area contributed by atoms with Crippen molar-refractivity contribution in [1.29, 1.82) is 0 Å². The Morgan fingerprint density at radius 1 is 0.650 bits per heavy atom. The van der Waals surface area contributed by atoms with Crippen molar-refractivity contribution in [2.24, 2.45) is 0 Å². The lowest BCUT2D eigenvalue weighted by atomic mass is 9.99. The van der Waals surface area contributed by atoms with Crippen molar-refractivity contribution in [3.8, 4) is 0 Å². The number of carbonyl (C=O) groups excluding carboxylic acids is 1. The van der Waals surface area contributed by atoms with Gasteiger partial charge in [-0.05, 0) is 19.8 Å². The van der Waals surface area contributed by atoms with Gasteiger partial charge in [-0.25, -0.2) is 0 Å². The van der Waals surface area contributed by atoms with Crippen LogP contribution in [0.1, 0.15) is 148 Å². The Morgan fingerprint density at radius 2 is 1.07 bits per heavy atom. The molecule has 1 saturated heterocycles. The molecular weight excluding hydrogens is 512 g/mol. The highest BCUT2D eigenvalue weighted by Crippen LogP contribution is 2.22. The Bertz CT molecular complexity index is 585. The highest BCUT2D eigenvalue weighted by molar-refractivity contribution is 5.78. The molecule has 1 rings (SSSR count). The predicted octanol–water partition coefficient (Wildman–Crippen LogP) is 5.34. The van der Waals surface area contributed by atoms with Crippen LogP contribution >= 0.6 is 0 Å². The Morgan fingerprint density at radius 3 is 1.50 bits per heavy atom. The van der Waals surface area contributed by atoms with Crippen molar-refractivity contribution in [3.05, 3.63) is 0 Å². The SMILES string of the molecule is C[C@@H](O)CCCCCCCCCCCCCCCCCCCCCC(=O)CCO[C@H]1OC(CO)[C@@H](O)C(O)[C@@H]1O. The summed E-state index contributed by atoms with van der Waals surface area (Å²) in [7, 11) is 0. The molecule has 2 unspecified atom stereocenters. The van der Waals surface area contributed by atoms with Gasteiger partial charge in [-0.3, -0.25) is 4.79 Å². The molecule has 0 aliphatic carbocycles. The van der Waals surface area contributed by atoms with Crippen LogP contribution in [0.4, 0.5) is 0 Å². The molecule has 1 aliphatic rings. The van der Waals surface area contributed by atoms with Gasteiger partial charge in [0.1, 0.15) is 30.2 Å². The van der Waals surface area contributed by atoms with Crippen LogP contribution in [0.2, 0.25) is 0 Å². The molecule has 0 aromatic rings. The van der Waals surface area contributed by atoms with Gasteiger partial charge in [0, 0.05) is 12.8 Å². The van der Waals surface area contributed by atoms with Gasteiger partial charge < -0.3 is 35.0 Å². The minimum Gasteiger partial charge on any atom is -0.394 e. The molecule has 0 bridgehead atoms. The number of Topliss-reactive ketones (excluding diaryl/α,β-unsaturated/α-hetero) is 1. The molecule has 0 spiro atoms. The summed E-state index contributed by atoms with van der Waals surface area (Å²) in [4.78, 5) is 12.1. The van der Waals surface area contributed by atoms with E-state index < -0.39 is 37.3 Å². The number of aliphatic hydroxyl groups excluding tert-OH is 5. The number of hydrogen-bond acceptors (Lipinski definition) is 8. The zero-order valence-electron chi connectivity index (χ0n) is 25.4. The minimum absolute atomic E-state index is 0.0638. The summed E-state index contributed by atoms with van der Waals surface area (Å²) in [6, 6.07) is 0. The third-order valence-corrected chi connectivity index (χ3v) is 8.09. The van der Waals surface area contributed by atoms with Crippen LogP contribution in [0, 0.1) is 0 Å². The molecule has 8 heteroatoms. The smallest absolute Gasteiger partial charge is 0.186 e. The fourth-order valence-corrected chi connectivity index (χ4v) is 5.39. The topological polar surface area (TPSA) is 137 Å². The predicted molar refractivity (Wildman–Crippen MR) is 158 cm³/mol. The third-order valence-electron chi connectivity index (χ3n) is 8.09. The first kappa shape index (κ1) is 37.4. The highest BCUT2D eigenvalue weighted by atomic mass is 16.7. The zero-order valence-corrected chi connectivity index (χ0v) is 25.4. The second-order valence-corrected chi connectivity index (χ2v) is 12.0. The Labute approximate surface area is 243 Å². The molecule has 0 radical (unpaired) electrons. The number of ether oxygens (including phenoxy) is 2. The van der Waals surface area contributed by atoms with Crippen molar-refractivity contribution in [3.63, 3.8) is 0 Å². The molecule has 1 heterocycles. The lowest BCUT2D eigenvalue weighted by Crippen LogP contribution is -2.59. The molecule has 5 N–H and O–H groups in total. The quantitative estimate of drug-likeness (QED) is 0.0830. The second kappa shape index (κ2) is 24.9. The fourth-order valence-electron chi connectivity index (χ4n) is 5.39. The largest absolute Gasteiger partial charge is 0.394 e. The Kier molecular flexibility index (Phi) is 23.3. The van der Waals surface area contributed by atoms with E-state index in [0.717, 1.165) is 25.7 Å². The van der Waals surface area contributed by atoms with Gasteiger partial charge in [-0.15, -0.1) is 0 Å². The van der Waals surface area contributed by atoms with E-state index in [9.17, 15) is 30.3 Å². The fraction of sp³-hybridized carbons (Fsp3) is 0.969. The molecule has 1 fully saturated rings. The van der Waals surface area contributed by atoms with E-state index in [4.69, 9.17) is 9.47 Å². The van der Waals surface area contributed by atoms with Crippen molar-refractivity contribution in [2.75, 3.05) is 13.2 Å². The molecule has 238 valence electrons. The first-order chi connectivity index (χ1) is 19.4. The summed E-state index contributed by atoms with van der Waals surface area (Å²) in [6.45, 7) is 1.44. The van der Waals surface area contributed by atoms with Crippen LogP contribution < -0.4 is 0 Å². The maximum atomic E-state index is 12.1. The van der Waals surface area contributed by atoms with E-state index >= 15 is 0 Å². The second-order valence-electron chi connectivity index (χ2n) is 12.0. The van der Waals surface area contributed by atoms with Crippen LogP contribution in [0.15, 0.2) is 0 Å². The number of rotatable bonds is 27. The summed E-state index contributed by atoms with van der Waals surface area (Å²) in [5.41, 5.74) is 0. The van der Waals surface area contributed by atoms with Crippen molar-refractivity contribution < 1.29 is 39.8 Å². The van der Waals surface area contributed by atoms with Gasteiger partial charge >= 0.3 is 0 Å². The highest BCUT2D eigenvalue weighted by Gasteiger charge is 2.43. The van der Waals surface area contributed by atoms with Crippen LogP contribution in [-0.4, -0.2) is 81.3 Å². The first-order valence-corrected chi connectivity index (χ1v) is 16.5. The number of ketones is 1. The molecule has 8 nitrogen and oxygen atoms in total. The summed E-state index contributed by atoms with van der Waals surface area (Å²) in [6.07, 6.45) is 19.4. The van der Waals surface area contributed by atoms with Gasteiger partial charge in [-0.1, -0.05) is 116 Å². The normalized spacial score (nSPS) is 23.9. The molecular formula is C32H62O8. The summed E-state index contributed by atoms with van der Waals surface area (Å²) < 4.78 is 10.7. The van der Waals surface area contributed by atoms with Crippen molar-refractivity contribution in [1.82, 2.24) is 0 Å². The van der Waals surface area contributed by atoms with Gasteiger partial charge in [0.15, 0.2) is 6.29 Å². The van der Waals surface area contributed by atoms with E-state index in [1.165, 1.54) is 103 Å². The van der Waals surface area contributed by atoms with E-state index in [1.54, 1.807) is 0 Å². The first-order valence-electron chi connectivity index (χ1n) is 16.5. The molecule has 0 aromatic heterocycles. The molecule has 0 saturated carbocycles. The van der Waals surface area contributed by atoms with E-state index in [-0.39, 0.29) is 24.9 Å². The molecule has 0 amide bonds. The summed E-state index contributed by atoms with van der Waals surface area (Å²) in [5.74, 6) is 0.101. The molecule has 40 heavy (non-hydrogen) atoms. The lowest BCUT2D eigenvalue weighted by Gasteiger charge is -2.39. The average Bonchev–Trinajstić information content (AvgIpc) is 2.93. The standard InChI is InChI=1S/C32H62O8/c1-26(34)21-19-17-15-13-11-9-7-5-3-2-4-6-8-10-12-14-16-18-20-22-27(35)23-24-39-32-31(38)30(37)29(36)28(25-33)40-32/h26,28-34,36-38H,2-25H2,1H3/t26-,28?,29-,30?,31+,32+/m1/s1. The zero-order chi connectivity index (χ0) is 29.4. The van der Waals surface area contributed by atoms with Crippen LogP contribution in [0.3, 0.4) is 0 Å². The van der Waals surface area contributed by atoms with Crippen LogP contribution in [0.25, 0.3) is 0 Å². The summed E-state index contributed by atoms with van der Waals surface area (Å²) in [5, 5.41) is 48.0. The van der Waals surface area contributed by atoms with E-state index in [2.05, 4.69) is 0 Å². The Hall–Kier alpha value is -0.610. The summed E-state index contributed by atoms with van der Waals surface area (Å²) >= 11 is 0. The van der Waals surface area contributed by atoms with Crippen molar-refractivity contribution in [2.45, 2.75) is 185 Å². The van der Waals surface area contributed by atoms with E-state index in [0.29, 0.717) is 6.42 Å². The number of aliphatic hydroxyl groups is 5. The van der Waals surface area contributed by atoms with Crippen LogP contribution in [0.5, 0.6) is 0 Å². The number of carbonyl (C=O) groups is 1. The third kappa shape index (κ3) is 18.7. The Balaban J connectivity index is 1.80. The minimum atomic E-state index is -1.47. The average molecular weight is 575 g/mol. The van der Waals surface area contributed by atoms with Gasteiger partial charge in [0.2, 0.25) is 0 Å². The maximum absolute atomic E-state index is 12.1. The van der Waals surface area contributed by atoms with Gasteiger partial charge in [0.25, 0.3) is 0 Å². The van der Waals surface area contributed by atoms with Crippen LogP contribution in [-0.2, 0) is 14.3 Å².